The van der Waals surface area contributed by atoms with Crippen LogP contribution >= 0.6 is 34.7 Å². The van der Waals surface area contributed by atoms with Crippen molar-refractivity contribution in [3.63, 3.8) is 0 Å². The number of nitrogens with zero attached hydrogens (tertiary/aromatic N) is 1. The summed E-state index contributed by atoms with van der Waals surface area (Å²) < 4.78 is 5.07. The molecule has 2 aromatic heterocycles. The van der Waals surface area contributed by atoms with Crippen LogP contribution in [-0.2, 0) is 10.5 Å². The molecule has 1 N–H and O–H groups in total. The number of hydrogen-bond donors (Lipinski definition) is 1. The number of aromatic nitrogens is 2. The number of aromatic amines is 1. The lowest BCUT2D eigenvalue weighted by Crippen LogP contribution is -2.13. The number of H-pyrrole nitrogens is 1. The number of carbonyl (C=O) groups excluding carboxylic acids is 1. The van der Waals surface area contributed by atoms with E-state index in [1.807, 2.05) is 31.2 Å². The van der Waals surface area contributed by atoms with Crippen molar-refractivity contribution < 1.29 is 9.53 Å². The molecule has 0 bridgehead atoms. The number of thiophene rings is 1. The van der Waals surface area contributed by atoms with Crippen LogP contribution in [0.2, 0.25) is 5.02 Å². The van der Waals surface area contributed by atoms with Gasteiger partial charge < -0.3 is 9.72 Å². The van der Waals surface area contributed by atoms with Crippen LogP contribution in [0.25, 0.3) is 10.2 Å². The zero-order chi connectivity index (χ0) is 19.6. The van der Waals surface area contributed by atoms with Crippen LogP contribution in [-0.4, -0.2) is 22.5 Å². The van der Waals surface area contributed by atoms with E-state index in [2.05, 4.69) is 9.97 Å². The summed E-state index contributed by atoms with van der Waals surface area (Å²) in [5.74, 6) is 0.963. The fourth-order valence-electron chi connectivity index (χ4n) is 2.63. The van der Waals surface area contributed by atoms with Gasteiger partial charge in [0.15, 0.2) is 0 Å². The molecule has 27 heavy (non-hydrogen) atoms. The second-order valence-electron chi connectivity index (χ2n) is 5.99. The Hall–Kier alpha value is -1.83. The van der Waals surface area contributed by atoms with E-state index in [1.165, 1.54) is 11.3 Å². The number of fused-ring (bicyclic) bond motifs is 1. The minimum absolute atomic E-state index is 0.00812. The highest BCUT2D eigenvalue weighted by Crippen LogP contribution is 2.32. The molecule has 8 heteroatoms. The molecule has 0 aliphatic heterocycles. The van der Waals surface area contributed by atoms with Gasteiger partial charge in [-0.2, -0.15) is 0 Å². The molecule has 0 aliphatic rings. The standard InChI is InChI=1S/C19H19ClN2O3S2/c1-4-25-19(24)15-10(2)14-17(23)21-16(22-18(14)27-15)11(3)26-9-12-5-7-13(20)8-6-12/h5-8,11H,4,9H2,1-3H3,(H,21,22,23). The van der Waals surface area contributed by atoms with E-state index in [1.54, 1.807) is 25.6 Å². The summed E-state index contributed by atoms with van der Waals surface area (Å²) in [6, 6.07) is 7.69. The summed E-state index contributed by atoms with van der Waals surface area (Å²) in [6.45, 7) is 5.79. The lowest BCUT2D eigenvalue weighted by molar-refractivity contribution is 0.0531. The van der Waals surface area contributed by atoms with Gasteiger partial charge in [0.25, 0.3) is 5.56 Å². The van der Waals surface area contributed by atoms with Crippen molar-refractivity contribution >= 4 is 50.9 Å². The lowest BCUT2D eigenvalue weighted by atomic mass is 10.2. The number of esters is 1. The number of hydrogen-bond acceptors (Lipinski definition) is 6. The van der Waals surface area contributed by atoms with Crippen LogP contribution in [0, 0.1) is 6.92 Å². The summed E-state index contributed by atoms with van der Waals surface area (Å²) in [5.41, 5.74) is 1.55. The highest BCUT2D eigenvalue weighted by molar-refractivity contribution is 7.98. The molecule has 0 radical (unpaired) electrons. The van der Waals surface area contributed by atoms with Crippen LogP contribution in [0.5, 0.6) is 0 Å². The fourth-order valence-corrected chi connectivity index (χ4v) is 4.74. The Kier molecular flexibility index (Phi) is 6.24. The lowest BCUT2D eigenvalue weighted by Gasteiger charge is -2.10. The number of nitrogens with one attached hydrogen (secondary N) is 1. The minimum Gasteiger partial charge on any atom is -0.462 e. The first-order valence-corrected chi connectivity index (χ1v) is 10.7. The maximum absolute atomic E-state index is 12.6. The van der Waals surface area contributed by atoms with Crippen molar-refractivity contribution in [2.45, 2.75) is 31.8 Å². The van der Waals surface area contributed by atoms with E-state index in [0.29, 0.717) is 38.1 Å². The highest BCUT2D eigenvalue weighted by atomic mass is 35.5. The van der Waals surface area contributed by atoms with Crippen LogP contribution in [0.15, 0.2) is 29.1 Å². The molecule has 0 aliphatic carbocycles. The van der Waals surface area contributed by atoms with E-state index in [-0.39, 0.29) is 10.8 Å². The smallest absolute Gasteiger partial charge is 0.348 e. The van der Waals surface area contributed by atoms with Crippen LogP contribution < -0.4 is 5.56 Å². The van der Waals surface area contributed by atoms with Crippen molar-refractivity contribution in [2.24, 2.45) is 0 Å². The molecule has 2 heterocycles. The van der Waals surface area contributed by atoms with Gasteiger partial charge in [0, 0.05) is 10.8 Å². The third-order valence-electron chi connectivity index (χ3n) is 4.08. The topological polar surface area (TPSA) is 72.0 Å². The number of thioether (sulfide) groups is 1. The SMILES string of the molecule is CCOC(=O)c1sc2nc(C(C)SCc3ccc(Cl)cc3)[nH]c(=O)c2c1C. The molecular weight excluding hydrogens is 404 g/mol. The van der Waals surface area contributed by atoms with Crippen LogP contribution in [0.4, 0.5) is 0 Å². The number of rotatable bonds is 6. The first-order chi connectivity index (χ1) is 12.9. The molecule has 0 saturated carbocycles. The summed E-state index contributed by atoms with van der Waals surface area (Å²) in [4.78, 5) is 33.1. The van der Waals surface area contributed by atoms with Crippen LogP contribution in [0.3, 0.4) is 0 Å². The van der Waals surface area contributed by atoms with Gasteiger partial charge in [0.1, 0.15) is 15.5 Å². The largest absolute Gasteiger partial charge is 0.462 e. The monoisotopic (exact) mass is 422 g/mol. The maximum Gasteiger partial charge on any atom is 0.348 e. The molecule has 1 aromatic carbocycles. The molecule has 3 rings (SSSR count). The average molecular weight is 423 g/mol. The second kappa shape index (κ2) is 8.46. The van der Waals surface area contributed by atoms with E-state index < -0.39 is 5.97 Å². The summed E-state index contributed by atoms with van der Waals surface area (Å²) in [7, 11) is 0. The van der Waals surface area contributed by atoms with Crippen molar-refractivity contribution in [1.29, 1.82) is 0 Å². The Morgan fingerprint density at radius 1 is 1.37 bits per heavy atom. The minimum atomic E-state index is -0.413. The number of halogens is 1. The molecule has 0 fully saturated rings. The molecular formula is C19H19ClN2O3S2. The van der Waals surface area contributed by atoms with Gasteiger partial charge in [-0.3, -0.25) is 4.79 Å². The predicted molar refractivity (Wildman–Crippen MR) is 112 cm³/mol. The molecule has 0 saturated heterocycles. The molecule has 1 unspecified atom stereocenters. The van der Waals surface area contributed by atoms with Crippen molar-refractivity contribution in [2.75, 3.05) is 6.61 Å². The molecule has 3 aromatic rings. The average Bonchev–Trinajstić information content (AvgIpc) is 2.98. The number of ether oxygens (including phenoxy) is 1. The third kappa shape index (κ3) is 4.36. The Bertz CT molecular complexity index is 1030. The van der Waals surface area contributed by atoms with Gasteiger partial charge in [0.2, 0.25) is 0 Å². The Balaban J connectivity index is 1.85. The fraction of sp³-hybridized carbons (Fsp3) is 0.316. The van der Waals surface area contributed by atoms with Gasteiger partial charge >= 0.3 is 5.97 Å². The van der Waals surface area contributed by atoms with E-state index in [0.717, 1.165) is 11.3 Å². The first kappa shape index (κ1) is 19.9. The molecule has 5 nitrogen and oxygen atoms in total. The van der Waals surface area contributed by atoms with E-state index in [9.17, 15) is 9.59 Å². The van der Waals surface area contributed by atoms with Crippen molar-refractivity contribution in [3.05, 3.63) is 61.5 Å². The Morgan fingerprint density at radius 3 is 2.74 bits per heavy atom. The highest BCUT2D eigenvalue weighted by Gasteiger charge is 2.21. The summed E-state index contributed by atoms with van der Waals surface area (Å²) >= 11 is 8.78. The van der Waals surface area contributed by atoms with Crippen LogP contribution in [0.1, 0.15) is 45.7 Å². The third-order valence-corrected chi connectivity index (χ3v) is 6.72. The zero-order valence-electron chi connectivity index (χ0n) is 15.2. The predicted octanol–water partition coefficient (Wildman–Crippen LogP) is 5.12. The zero-order valence-corrected chi connectivity index (χ0v) is 17.6. The van der Waals surface area contributed by atoms with Gasteiger partial charge in [-0.25, -0.2) is 9.78 Å². The summed E-state index contributed by atoms with van der Waals surface area (Å²) in [5, 5.41) is 1.16. The first-order valence-electron chi connectivity index (χ1n) is 8.47. The van der Waals surface area contributed by atoms with E-state index >= 15 is 0 Å². The van der Waals surface area contributed by atoms with E-state index in [4.69, 9.17) is 16.3 Å². The summed E-state index contributed by atoms with van der Waals surface area (Å²) in [6.07, 6.45) is 0. The van der Waals surface area contributed by atoms with Crippen molar-refractivity contribution in [3.8, 4) is 0 Å². The number of benzene rings is 1. The molecule has 0 spiro atoms. The Morgan fingerprint density at radius 2 is 2.07 bits per heavy atom. The van der Waals surface area contributed by atoms with Crippen molar-refractivity contribution in [1.82, 2.24) is 9.97 Å². The van der Waals surface area contributed by atoms with Gasteiger partial charge in [-0.1, -0.05) is 23.7 Å². The van der Waals surface area contributed by atoms with Gasteiger partial charge in [-0.05, 0) is 44.0 Å². The molecule has 0 amide bonds. The maximum atomic E-state index is 12.6. The van der Waals surface area contributed by atoms with Gasteiger partial charge in [-0.15, -0.1) is 23.1 Å². The second-order valence-corrected chi connectivity index (χ2v) is 8.75. The van der Waals surface area contributed by atoms with Gasteiger partial charge in [0.05, 0.1) is 17.2 Å². The quantitative estimate of drug-likeness (QED) is 0.558. The number of carbonyl (C=O) groups is 1. The normalized spacial score (nSPS) is 12.3. The Labute approximate surface area is 170 Å². The number of aryl methyl sites for hydroxylation is 1. The molecule has 1 atom stereocenters. The molecule has 142 valence electrons.